The molecule has 1 aromatic heterocycles. The molecule has 0 unspecified atom stereocenters. The zero-order chi connectivity index (χ0) is 18.6. The Morgan fingerprint density at radius 2 is 2.11 bits per heavy atom. The summed E-state index contributed by atoms with van der Waals surface area (Å²) in [6.07, 6.45) is 7.33. The average molecular weight is 360 g/mol. The Labute approximate surface area is 157 Å². The number of aliphatic imine (C=N–C) groups is 1. The van der Waals surface area contributed by atoms with Gasteiger partial charge in [0.1, 0.15) is 0 Å². The molecule has 0 saturated heterocycles. The van der Waals surface area contributed by atoms with E-state index in [0.29, 0.717) is 18.8 Å². The number of furan rings is 1. The molecule has 1 aliphatic heterocycles. The number of phenolic OH excluding ortho intramolecular Hbond substituents is 1. The fourth-order valence-corrected chi connectivity index (χ4v) is 3.14. The van der Waals surface area contributed by atoms with Crippen molar-refractivity contribution in [1.82, 2.24) is 5.32 Å². The van der Waals surface area contributed by atoms with E-state index in [0.717, 1.165) is 33.4 Å². The van der Waals surface area contributed by atoms with Crippen LogP contribution < -0.4 is 10.1 Å². The van der Waals surface area contributed by atoms with Crippen LogP contribution in [0.3, 0.4) is 0 Å². The predicted molar refractivity (Wildman–Crippen MR) is 106 cm³/mol. The highest BCUT2D eigenvalue weighted by molar-refractivity contribution is 5.93. The van der Waals surface area contributed by atoms with Gasteiger partial charge in [-0.2, -0.15) is 0 Å². The maximum atomic E-state index is 9.90. The highest BCUT2D eigenvalue weighted by atomic mass is 16.5. The molecule has 0 aliphatic carbocycles. The summed E-state index contributed by atoms with van der Waals surface area (Å²) in [5.74, 6) is 0.612. The molecule has 136 valence electrons. The Morgan fingerprint density at radius 1 is 1.19 bits per heavy atom. The van der Waals surface area contributed by atoms with Crippen molar-refractivity contribution >= 4 is 11.8 Å². The molecule has 5 heteroatoms. The van der Waals surface area contributed by atoms with Gasteiger partial charge in [0.25, 0.3) is 0 Å². The second kappa shape index (κ2) is 7.41. The Morgan fingerprint density at radius 3 is 2.89 bits per heavy atom. The maximum absolute atomic E-state index is 9.90. The standard InChI is InChI=1S/C22H20N2O3/c1-26-22-5-2-15(8-21(22)25)10-23-12-19-13-24-11-17-4-3-16(9-20(17)19)18-6-7-27-14-18/h2-9,11-12,14,23,25H,10,13H2,1H3/b19-12+. The quantitative estimate of drug-likeness (QED) is 0.715. The number of methoxy groups -OCH3 is 1. The van der Waals surface area contributed by atoms with E-state index in [-0.39, 0.29) is 5.75 Å². The highest BCUT2D eigenvalue weighted by Crippen LogP contribution is 2.29. The molecule has 1 aliphatic rings. The van der Waals surface area contributed by atoms with Crippen LogP contribution in [0.2, 0.25) is 0 Å². The van der Waals surface area contributed by atoms with Crippen molar-refractivity contribution in [2.24, 2.45) is 4.99 Å². The number of rotatable bonds is 5. The van der Waals surface area contributed by atoms with E-state index in [9.17, 15) is 5.11 Å². The number of hydrogen-bond acceptors (Lipinski definition) is 5. The van der Waals surface area contributed by atoms with Gasteiger partial charge in [-0.25, -0.2) is 0 Å². The fraction of sp³-hybridized carbons (Fsp3) is 0.136. The molecule has 0 spiro atoms. The summed E-state index contributed by atoms with van der Waals surface area (Å²) in [5, 5.41) is 13.2. The smallest absolute Gasteiger partial charge is 0.160 e. The predicted octanol–water partition coefficient (Wildman–Crippen LogP) is 4.22. The lowest BCUT2D eigenvalue weighted by molar-refractivity contribution is 0.373. The number of phenols is 1. The van der Waals surface area contributed by atoms with Crippen molar-refractivity contribution < 1.29 is 14.3 Å². The van der Waals surface area contributed by atoms with E-state index in [2.05, 4.69) is 28.5 Å². The molecule has 0 saturated carbocycles. The van der Waals surface area contributed by atoms with Gasteiger partial charge in [0.05, 0.1) is 26.2 Å². The number of aromatic hydroxyl groups is 1. The van der Waals surface area contributed by atoms with Crippen molar-refractivity contribution in [3.63, 3.8) is 0 Å². The van der Waals surface area contributed by atoms with Crippen LogP contribution in [0, 0.1) is 0 Å². The van der Waals surface area contributed by atoms with Crippen molar-refractivity contribution in [2.45, 2.75) is 6.54 Å². The Kier molecular flexibility index (Phi) is 4.66. The fourth-order valence-electron chi connectivity index (χ4n) is 3.14. The minimum absolute atomic E-state index is 0.141. The van der Waals surface area contributed by atoms with Crippen LogP contribution in [0.25, 0.3) is 16.7 Å². The van der Waals surface area contributed by atoms with Crippen LogP contribution in [0.5, 0.6) is 11.5 Å². The van der Waals surface area contributed by atoms with Crippen molar-refractivity contribution in [2.75, 3.05) is 13.7 Å². The molecule has 2 heterocycles. The van der Waals surface area contributed by atoms with Crippen LogP contribution in [-0.2, 0) is 6.54 Å². The summed E-state index contributed by atoms with van der Waals surface area (Å²) in [4.78, 5) is 4.45. The van der Waals surface area contributed by atoms with Crippen LogP contribution >= 0.6 is 0 Å². The van der Waals surface area contributed by atoms with Gasteiger partial charge in [-0.3, -0.25) is 4.99 Å². The number of nitrogens with one attached hydrogen (secondary N) is 1. The molecule has 0 atom stereocenters. The topological polar surface area (TPSA) is 67.0 Å². The summed E-state index contributed by atoms with van der Waals surface area (Å²) < 4.78 is 10.3. The first kappa shape index (κ1) is 17.0. The number of ether oxygens (including phenoxy) is 1. The Hall–Kier alpha value is -3.47. The van der Waals surface area contributed by atoms with Gasteiger partial charge in [0.2, 0.25) is 0 Å². The van der Waals surface area contributed by atoms with Crippen molar-refractivity contribution in [3.05, 3.63) is 77.9 Å². The van der Waals surface area contributed by atoms with Crippen LogP contribution in [0.15, 0.2) is 70.6 Å². The normalized spacial score (nSPS) is 14.2. The third kappa shape index (κ3) is 3.58. The summed E-state index contributed by atoms with van der Waals surface area (Å²) in [5.41, 5.74) is 6.52. The molecule has 0 amide bonds. The van der Waals surface area contributed by atoms with E-state index in [4.69, 9.17) is 9.15 Å². The first-order valence-corrected chi connectivity index (χ1v) is 8.70. The Balaban J connectivity index is 1.54. The average Bonchev–Trinajstić information content (AvgIpc) is 3.23. The van der Waals surface area contributed by atoms with Gasteiger partial charge >= 0.3 is 0 Å². The van der Waals surface area contributed by atoms with E-state index in [1.165, 1.54) is 7.11 Å². The molecule has 2 aromatic carbocycles. The van der Waals surface area contributed by atoms with Crippen molar-refractivity contribution in [1.29, 1.82) is 0 Å². The van der Waals surface area contributed by atoms with Gasteiger partial charge in [0, 0.05) is 24.5 Å². The lowest BCUT2D eigenvalue weighted by atomic mass is 9.94. The zero-order valence-electron chi connectivity index (χ0n) is 15.0. The van der Waals surface area contributed by atoms with Crippen molar-refractivity contribution in [3.8, 4) is 22.6 Å². The van der Waals surface area contributed by atoms with E-state index in [1.807, 2.05) is 24.5 Å². The van der Waals surface area contributed by atoms with Crippen LogP contribution in [0.4, 0.5) is 0 Å². The van der Waals surface area contributed by atoms with E-state index >= 15 is 0 Å². The third-order valence-corrected chi connectivity index (χ3v) is 4.57. The largest absolute Gasteiger partial charge is 0.504 e. The van der Waals surface area contributed by atoms with Crippen LogP contribution in [-0.4, -0.2) is 25.0 Å². The van der Waals surface area contributed by atoms with Gasteiger partial charge in [-0.05, 0) is 52.1 Å². The second-order valence-corrected chi connectivity index (χ2v) is 6.34. The number of nitrogens with zero attached hydrogens (tertiary/aromatic N) is 1. The minimum atomic E-state index is 0.141. The molecule has 2 N–H and O–H groups in total. The summed E-state index contributed by atoms with van der Waals surface area (Å²) in [7, 11) is 1.54. The van der Waals surface area contributed by atoms with Gasteiger partial charge < -0.3 is 19.6 Å². The summed E-state index contributed by atoms with van der Waals surface area (Å²) in [6, 6.07) is 13.7. The first-order chi connectivity index (χ1) is 13.2. The molecule has 4 rings (SSSR count). The molecular weight excluding hydrogens is 340 g/mol. The third-order valence-electron chi connectivity index (χ3n) is 4.57. The highest BCUT2D eigenvalue weighted by Gasteiger charge is 2.13. The van der Waals surface area contributed by atoms with E-state index < -0.39 is 0 Å². The molecule has 0 bridgehead atoms. The minimum Gasteiger partial charge on any atom is -0.504 e. The summed E-state index contributed by atoms with van der Waals surface area (Å²) >= 11 is 0. The van der Waals surface area contributed by atoms with Gasteiger partial charge in [0.15, 0.2) is 11.5 Å². The molecule has 0 fully saturated rings. The molecule has 27 heavy (non-hydrogen) atoms. The maximum Gasteiger partial charge on any atom is 0.160 e. The molecular formula is C22H20N2O3. The SMILES string of the molecule is COc1ccc(CN/C=C2\CN=Cc3ccc(-c4ccoc4)cc32)cc1O. The number of fused-ring (bicyclic) bond motifs is 1. The van der Waals surface area contributed by atoms with Gasteiger partial charge in [-0.1, -0.05) is 18.2 Å². The molecule has 5 nitrogen and oxygen atoms in total. The number of hydrogen-bond donors (Lipinski definition) is 2. The Bertz CT molecular complexity index is 1000. The first-order valence-electron chi connectivity index (χ1n) is 8.70. The lowest BCUT2D eigenvalue weighted by Crippen LogP contribution is -2.10. The van der Waals surface area contributed by atoms with Crippen LogP contribution in [0.1, 0.15) is 16.7 Å². The monoisotopic (exact) mass is 360 g/mol. The molecule has 0 radical (unpaired) electrons. The second-order valence-electron chi connectivity index (χ2n) is 6.34. The molecule has 3 aromatic rings. The van der Waals surface area contributed by atoms with Gasteiger partial charge in [-0.15, -0.1) is 0 Å². The number of benzene rings is 2. The summed E-state index contributed by atoms with van der Waals surface area (Å²) in [6.45, 7) is 1.23. The zero-order valence-corrected chi connectivity index (χ0v) is 15.0. The lowest BCUT2D eigenvalue weighted by Gasteiger charge is -2.16. The van der Waals surface area contributed by atoms with E-state index in [1.54, 1.807) is 24.7 Å².